The van der Waals surface area contributed by atoms with Gasteiger partial charge in [-0.2, -0.15) is 0 Å². The Balaban J connectivity index is 1.26. The number of aliphatic hydroxyl groups is 1. The van der Waals surface area contributed by atoms with Crippen molar-refractivity contribution in [1.82, 2.24) is 0 Å². The molecule has 0 aromatic carbocycles. The number of rotatable bonds is 0. The van der Waals surface area contributed by atoms with Crippen LogP contribution in [-0.2, 0) is 9.47 Å². The minimum atomic E-state index is -0.282. The van der Waals surface area contributed by atoms with Crippen molar-refractivity contribution in [1.29, 1.82) is 0 Å². The quantitative estimate of drug-likeness (QED) is 0.543. The molecule has 4 aliphatic carbocycles. The van der Waals surface area contributed by atoms with E-state index in [-0.39, 0.29) is 11.9 Å². The van der Waals surface area contributed by atoms with Gasteiger partial charge in [0.25, 0.3) is 0 Å². The normalized spacial score (nSPS) is 62.5. The van der Waals surface area contributed by atoms with Crippen LogP contribution in [0.4, 0.5) is 0 Å². The Bertz CT molecular complexity index is 684. The Morgan fingerprint density at radius 3 is 2.40 bits per heavy atom. The van der Waals surface area contributed by atoms with Crippen molar-refractivity contribution in [3.63, 3.8) is 0 Å². The lowest BCUT2D eigenvalue weighted by Crippen LogP contribution is -2.55. The molecule has 6 rings (SSSR count). The van der Waals surface area contributed by atoms with Gasteiger partial charge in [0.05, 0.1) is 18.8 Å². The molecule has 6 aliphatic rings. The van der Waals surface area contributed by atoms with Gasteiger partial charge >= 0.3 is 0 Å². The molecular weight excluding hydrogens is 372 g/mol. The molecule has 0 aromatic heterocycles. The first-order valence-corrected chi connectivity index (χ1v) is 13.3. The Hall–Kier alpha value is -0.120. The number of hydrogen-bond acceptors (Lipinski definition) is 3. The van der Waals surface area contributed by atoms with E-state index in [9.17, 15) is 5.11 Å². The van der Waals surface area contributed by atoms with E-state index in [1.807, 2.05) is 0 Å². The van der Waals surface area contributed by atoms with Gasteiger partial charge in [0.2, 0.25) is 0 Å². The van der Waals surface area contributed by atoms with E-state index in [0.717, 1.165) is 49.5 Å². The van der Waals surface area contributed by atoms with Crippen molar-refractivity contribution in [2.45, 2.75) is 110 Å². The molecular formula is C27H44O3. The van der Waals surface area contributed by atoms with Crippen LogP contribution in [0.1, 0.15) is 91.9 Å². The van der Waals surface area contributed by atoms with Gasteiger partial charge in [-0.05, 0) is 104 Å². The number of hydrogen-bond donors (Lipinski definition) is 1. The molecule has 2 heterocycles. The molecule has 6 fully saturated rings. The largest absolute Gasteiger partial charge is 0.393 e. The van der Waals surface area contributed by atoms with Crippen LogP contribution in [0.2, 0.25) is 0 Å². The first-order chi connectivity index (χ1) is 14.3. The van der Waals surface area contributed by atoms with Crippen LogP contribution in [0.3, 0.4) is 0 Å². The number of ether oxygens (including phenoxy) is 2. The highest BCUT2D eigenvalue weighted by Gasteiger charge is 2.69. The Morgan fingerprint density at radius 1 is 0.833 bits per heavy atom. The summed E-state index contributed by atoms with van der Waals surface area (Å²) in [6, 6.07) is 0. The van der Waals surface area contributed by atoms with Gasteiger partial charge in [0.1, 0.15) is 0 Å². The highest BCUT2D eigenvalue weighted by atomic mass is 16.7. The summed E-state index contributed by atoms with van der Waals surface area (Å²) in [5.74, 6) is 4.93. The Morgan fingerprint density at radius 2 is 1.63 bits per heavy atom. The lowest BCUT2D eigenvalue weighted by Gasteiger charge is -2.61. The molecule has 2 aliphatic heterocycles. The number of aliphatic hydroxyl groups excluding tert-OH is 1. The second-order valence-corrected chi connectivity index (χ2v) is 13.1. The van der Waals surface area contributed by atoms with E-state index in [1.54, 1.807) is 0 Å². The molecule has 12 atom stereocenters. The average molecular weight is 417 g/mol. The molecule has 1 spiro atoms. The maximum absolute atomic E-state index is 10.3. The summed E-state index contributed by atoms with van der Waals surface area (Å²) in [6.07, 6.45) is 12.9. The summed E-state index contributed by atoms with van der Waals surface area (Å²) in [5, 5.41) is 10.3. The predicted molar refractivity (Wildman–Crippen MR) is 118 cm³/mol. The average Bonchev–Trinajstić information content (AvgIpc) is 3.16. The van der Waals surface area contributed by atoms with Gasteiger partial charge in [0, 0.05) is 12.3 Å². The van der Waals surface area contributed by atoms with E-state index >= 15 is 0 Å². The van der Waals surface area contributed by atoms with E-state index in [4.69, 9.17) is 9.47 Å². The van der Waals surface area contributed by atoms with Crippen LogP contribution in [0.15, 0.2) is 0 Å². The van der Waals surface area contributed by atoms with Crippen LogP contribution in [0.25, 0.3) is 0 Å². The van der Waals surface area contributed by atoms with Crippen LogP contribution in [0, 0.1) is 52.3 Å². The van der Waals surface area contributed by atoms with Gasteiger partial charge in [-0.3, -0.25) is 0 Å². The molecule has 2 saturated heterocycles. The Labute approximate surface area is 183 Å². The van der Waals surface area contributed by atoms with E-state index < -0.39 is 0 Å². The summed E-state index contributed by atoms with van der Waals surface area (Å²) < 4.78 is 13.4. The molecule has 0 radical (unpaired) electrons. The highest BCUT2D eigenvalue weighted by Crippen LogP contribution is 2.71. The summed E-state index contributed by atoms with van der Waals surface area (Å²) in [4.78, 5) is 0. The predicted octanol–water partition coefficient (Wildman–Crippen LogP) is 5.79. The van der Waals surface area contributed by atoms with Gasteiger partial charge in [-0.25, -0.2) is 0 Å². The SMILES string of the molecule is C[C@H]1CCC2(OC1)OC1CC3C4CCC5C[C@@H](O)CC[C@]5(C)C4CC[C@]3(C)C1[C@@H]2C. The second-order valence-electron chi connectivity index (χ2n) is 13.1. The molecule has 3 nitrogen and oxygen atoms in total. The van der Waals surface area contributed by atoms with Crippen LogP contribution < -0.4 is 0 Å². The monoisotopic (exact) mass is 416 g/mol. The van der Waals surface area contributed by atoms with Crippen LogP contribution >= 0.6 is 0 Å². The van der Waals surface area contributed by atoms with Crippen molar-refractivity contribution in [2.24, 2.45) is 52.3 Å². The van der Waals surface area contributed by atoms with Gasteiger partial charge in [-0.15, -0.1) is 0 Å². The minimum Gasteiger partial charge on any atom is -0.393 e. The maximum Gasteiger partial charge on any atom is 0.171 e. The lowest BCUT2D eigenvalue weighted by atomic mass is 9.44. The zero-order valence-electron chi connectivity index (χ0n) is 19.7. The lowest BCUT2D eigenvalue weighted by molar-refractivity contribution is -0.273. The minimum absolute atomic E-state index is 0.0389. The second kappa shape index (κ2) is 6.70. The smallest absolute Gasteiger partial charge is 0.171 e. The maximum atomic E-state index is 10.3. The van der Waals surface area contributed by atoms with Gasteiger partial charge < -0.3 is 14.6 Å². The summed E-state index contributed by atoms with van der Waals surface area (Å²) >= 11 is 0. The highest BCUT2D eigenvalue weighted by molar-refractivity contribution is 5.15. The third-order valence-electron chi connectivity index (χ3n) is 11.9. The molecule has 1 N–H and O–H groups in total. The zero-order valence-corrected chi connectivity index (χ0v) is 19.7. The third kappa shape index (κ3) is 2.61. The fourth-order valence-corrected chi connectivity index (χ4v) is 10.3. The van der Waals surface area contributed by atoms with Crippen LogP contribution in [-0.4, -0.2) is 29.7 Å². The van der Waals surface area contributed by atoms with Crippen molar-refractivity contribution in [2.75, 3.05) is 6.61 Å². The van der Waals surface area contributed by atoms with Crippen LogP contribution in [0.5, 0.6) is 0 Å². The van der Waals surface area contributed by atoms with Gasteiger partial charge in [0.15, 0.2) is 5.79 Å². The Kier molecular flexibility index (Phi) is 4.58. The first kappa shape index (κ1) is 20.5. The van der Waals surface area contributed by atoms with Crippen molar-refractivity contribution in [3.8, 4) is 0 Å². The molecule has 3 heteroatoms. The number of fused-ring (bicyclic) bond motifs is 7. The fraction of sp³-hybridized carbons (Fsp3) is 1.00. The summed E-state index contributed by atoms with van der Waals surface area (Å²) in [7, 11) is 0. The van der Waals surface area contributed by atoms with E-state index in [1.165, 1.54) is 44.9 Å². The first-order valence-electron chi connectivity index (χ1n) is 13.3. The van der Waals surface area contributed by atoms with E-state index in [2.05, 4.69) is 27.7 Å². The van der Waals surface area contributed by atoms with Crippen molar-refractivity contribution < 1.29 is 14.6 Å². The zero-order chi connectivity index (χ0) is 20.9. The molecule has 30 heavy (non-hydrogen) atoms. The molecule has 170 valence electrons. The van der Waals surface area contributed by atoms with Crippen molar-refractivity contribution >= 4 is 0 Å². The molecule has 0 bridgehead atoms. The molecule has 4 saturated carbocycles. The molecule has 0 amide bonds. The standard InChI is InChI=1S/C27H44O3/c1-16-7-12-27(29-15-16)17(2)24-23(30-27)14-22-20-6-5-18-13-19(28)8-10-25(18,3)21(20)9-11-26(22,24)4/h16-24,28H,5-15H2,1-4H3/t16-,17-,18?,19-,20?,21?,22?,23?,24?,25-,26-,27?/m0/s1. The molecule has 0 aromatic rings. The fourth-order valence-electron chi connectivity index (χ4n) is 10.3. The summed E-state index contributed by atoms with van der Waals surface area (Å²) in [6.45, 7) is 10.9. The summed E-state index contributed by atoms with van der Waals surface area (Å²) in [5.41, 5.74) is 0.899. The van der Waals surface area contributed by atoms with Crippen molar-refractivity contribution in [3.05, 3.63) is 0 Å². The third-order valence-corrected chi connectivity index (χ3v) is 11.9. The van der Waals surface area contributed by atoms with Gasteiger partial charge in [-0.1, -0.05) is 27.7 Å². The van der Waals surface area contributed by atoms with E-state index in [0.29, 0.717) is 34.7 Å². The topological polar surface area (TPSA) is 38.7 Å². The molecule has 7 unspecified atom stereocenters.